The van der Waals surface area contributed by atoms with Gasteiger partial charge in [0.15, 0.2) is 0 Å². The van der Waals surface area contributed by atoms with Crippen molar-refractivity contribution in [3.8, 4) is 0 Å². The molecule has 0 amide bonds. The van der Waals surface area contributed by atoms with Gasteiger partial charge in [-0.1, -0.05) is 64.7 Å². The van der Waals surface area contributed by atoms with Crippen LogP contribution < -0.4 is 0 Å². The molecule has 0 aromatic carbocycles. The van der Waals surface area contributed by atoms with Crippen molar-refractivity contribution in [3.63, 3.8) is 0 Å². The lowest BCUT2D eigenvalue weighted by molar-refractivity contribution is -0.0701. The van der Waals surface area contributed by atoms with Gasteiger partial charge in [-0.3, -0.25) is 0 Å². The molecule has 2 saturated carbocycles. The van der Waals surface area contributed by atoms with E-state index >= 15 is 0 Å². The standard InChI is InChI=1S/C21H40O2/c1-2-3-4-5-6-7-8-9-10-16-23-21-13-11-12-18-14-15-19(22)17-20(18)21/h18-22H,2-17H2,1H3. The topological polar surface area (TPSA) is 29.5 Å². The Bertz CT molecular complexity index is 292. The van der Waals surface area contributed by atoms with E-state index in [9.17, 15) is 5.11 Å². The van der Waals surface area contributed by atoms with Gasteiger partial charge in [-0.15, -0.1) is 0 Å². The Hall–Kier alpha value is -0.0800. The van der Waals surface area contributed by atoms with Crippen LogP contribution in [-0.4, -0.2) is 23.9 Å². The van der Waals surface area contributed by atoms with E-state index in [1.54, 1.807) is 0 Å². The summed E-state index contributed by atoms with van der Waals surface area (Å²) in [5.41, 5.74) is 0. The minimum Gasteiger partial charge on any atom is -0.393 e. The van der Waals surface area contributed by atoms with Gasteiger partial charge in [-0.05, 0) is 50.4 Å². The molecular formula is C21H40O2. The van der Waals surface area contributed by atoms with E-state index in [0.29, 0.717) is 12.0 Å². The molecule has 0 spiro atoms. The molecule has 4 unspecified atom stereocenters. The van der Waals surface area contributed by atoms with Crippen molar-refractivity contribution < 1.29 is 9.84 Å². The van der Waals surface area contributed by atoms with Crippen LogP contribution in [0.2, 0.25) is 0 Å². The third-order valence-corrected chi connectivity index (χ3v) is 6.14. The Morgan fingerprint density at radius 1 is 0.826 bits per heavy atom. The summed E-state index contributed by atoms with van der Waals surface area (Å²) >= 11 is 0. The fourth-order valence-electron chi connectivity index (χ4n) is 4.71. The number of ether oxygens (including phenoxy) is 1. The van der Waals surface area contributed by atoms with Gasteiger partial charge in [-0.25, -0.2) is 0 Å². The zero-order valence-corrected chi connectivity index (χ0v) is 15.5. The average molecular weight is 325 g/mol. The Labute approximate surface area is 144 Å². The largest absolute Gasteiger partial charge is 0.393 e. The van der Waals surface area contributed by atoms with Crippen molar-refractivity contribution in [2.75, 3.05) is 6.61 Å². The molecule has 1 N–H and O–H groups in total. The van der Waals surface area contributed by atoms with Crippen molar-refractivity contribution in [1.29, 1.82) is 0 Å². The predicted molar refractivity (Wildman–Crippen MR) is 97.7 cm³/mol. The number of unbranched alkanes of at least 4 members (excludes halogenated alkanes) is 8. The normalized spacial score (nSPS) is 31.0. The van der Waals surface area contributed by atoms with E-state index in [2.05, 4.69) is 6.92 Å². The van der Waals surface area contributed by atoms with E-state index in [0.717, 1.165) is 25.4 Å². The second-order valence-electron chi connectivity index (χ2n) is 8.06. The Kier molecular flexibility index (Phi) is 9.60. The van der Waals surface area contributed by atoms with Gasteiger partial charge < -0.3 is 9.84 Å². The van der Waals surface area contributed by atoms with Gasteiger partial charge in [0.05, 0.1) is 12.2 Å². The molecule has 0 aliphatic heterocycles. The maximum Gasteiger partial charge on any atom is 0.0606 e. The minimum absolute atomic E-state index is 0.0619. The van der Waals surface area contributed by atoms with Crippen LogP contribution in [0.4, 0.5) is 0 Å². The van der Waals surface area contributed by atoms with E-state index in [4.69, 9.17) is 4.74 Å². The van der Waals surface area contributed by atoms with Crippen molar-refractivity contribution >= 4 is 0 Å². The Morgan fingerprint density at radius 3 is 2.26 bits per heavy atom. The van der Waals surface area contributed by atoms with Crippen LogP contribution in [0.3, 0.4) is 0 Å². The molecule has 4 atom stereocenters. The number of hydrogen-bond acceptors (Lipinski definition) is 2. The monoisotopic (exact) mass is 324 g/mol. The van der Waals surface area contributed by atoms with Gasteiger partial charge in [0.25, 0.3) is 0 Å². The summed E-state index contributed by atoms with van der Waals surface area (Å²) in [6.45, 7) is 3.22. The average Bonchev–Trinajstić information content (AvgIpc) is 2.57. The molecule has 2 nitrogen and oxygen atoms in total. The molecule has 0 aromatic heterocycles. The van der Waals surface area contributed by atoms with E-state index in [-0.39, 0.29) is 6.10 Å². The lowest BCUT2D eigenvalue weighted by Gasteiger charge is -2.42. The third kappa shape index (κ3) is 7.13. The molecule has 0 heterocycles. The smallest absolute Gasteiger partial charge is 0.0606 e. The van der Waals surface area contributed by atoms with Crippen LogP contribution in [0.15, 0.2) is 0 Å². The van der Waals surface area contributed by atoms with Crippen molar-refractivity contribution in [3.05, 3.63) is 0 Å². The zero-order valence-electron chi connectivity index (χ0n) is 15.5. The fraction of sp³-hybridized carbons (Fsp3) is 1.00. The maximum absolute atomic E-state index is 9.96. The van der Waals surface area contributed by atoms with Gasteiger partial charge in [0, 0.05) is 6.61 Å². The van der Waals surface area contributed by atoms with Crippen molar-refractivity contribution in [1.82, 2.24) is 0 Å². The molecule has 0 bridgehead atoms. The highest BCUT2D eigenvalue weighted by atomic mass is 16.5. The fourth-order valence-corrected chi connectivity index (χ4v) is 4.71. The number of aliphatic hydroxyl groups excluding tert-OH is 1. The predicted octanol–water partition coefficient (Wildman–Crippen LogP) is 5.86. The maximum atomic E-state index is 9.96. The Morgan fingerprint density at radius 2 is 1.52 bits per heavy atom. The number of rotatable bonds is 11. The molecular weight excluding hydrogens is 284 g/mol. The molecule has 2 heteroatoms. The molecule has 2 aliphatic carbocycles. The van der Waals surface area contributed by atoms with Crippen molar-refractivity contribution in [2.24, 2.45) is 11.8 Å². The quantitative estimate of drug-likeness (QED) is 0.482. The summed E-state index contributed by atoms with van der Waals surface area (Å²) in [6, 6.07) is 0. The first-order valence-corrected chi connectivity index (χ1v) is 10.6. The highest BCUT2D eigenvalue weighted by molar-refractivity contribution is 4.88. The van der Waals surface area contributed by atoms with Gasteiger partial charge in [-0.2, -0.15) is 0 Å². The Balaban J connectivity index is 1.49. The summed E-state index contributed by atoms with van der Waals surface area (Å²) in [7, 11) is 0. The molecule has 2 rings (SSSR count). The van der Waals surface area contributed by atoms with Crippen LogP contribution in [0, 0.1) is 11.8 Å². The first kappa shape index (κ1) is 19.2. The van der Waals surface area contributed by atoms with Crippen LogP contribution in [-0.2, 0) is 4.74 Å². The number of hydrogen-bond donors (Lipinski definition) is 1. The third-order valence-electron chi connectivity index (χ3n) is 6.14. The van der Waals surface area contributed by atoms with Crippen LogP contribution >= 0.6 is 0 Å². The lowest BCUT2D eigenvalue weighted by Crippen LogP contribution is -2.40. The highest BCUT2D eigenvalue weighted by Gasteiger charge is 2.37. The van der Waals surface area contributed by atoms with Crippen LogP contribution in [0.25, 0.3) is 0 Å². The van der Waals surface area contributed by atoms with Crippen LogP contribution in [0.1, 0.15) is 103 Å². The summed E-state index contributed by atoms with van der Waals surface area (Å²) in [5, 5.41) is 9.96. The lowest BCUT2D eigenvalue weighted by atomic mass is 9.68. The number of aliphatic hydroxyl groups is 1. The summed E-state index contributed by atoms with van der Waals surface area (Å²) < 4.78 is 6.25. The summed E-state index contributed by atoms with van der Waals surface area (Å²) in [5.74, 6) is 1.48. The van der Waals surface area contributed by atoms with Gasteiger partial charge in [0.1, 0.15) is 0 Å². The van der Waals surface area contributed by atoms with Crippen molar-refractivity contribution in [2.45, 2.75) is 115 Å². The van der Waals surface area contributed by atoms with E-state index in [1.807, 2.05) is 0 Å². The summed E-state index contributed by atoms with van der Waals surface area (Å²) in [6.07, 6.45) is 19.9. The molecule has 0 saturated heterocycles. The van der Waals surface area contributed by atoms with Gasteiger partial charge in [0.2, 0.25) is 0 Å². The zero-order chi connectivity index (χ0) is 16.3. The molecule has 2 fully saturated rings. The highest BCUT2D eigenvalue weighted by Crippen LogP contribution is 2.41. The molecule has 136 valence electrons. The number of fused-ring (bicyclic) bond motifs is 1. The summed E-state index contributed by atoms with van der Waals surface area (Å²) in [4.78, 5) is 0. The minimum atomic E-state index is -0.0619. The molecule has 23 heavy (non-hydrogen) atoms. The van der Waals surface area contributed by atoms with Crippen LogP contribution in [0.5, 0.6) is 0 Å². The first-order chi connectivity index (χ1) is 11.3. The second kappa shape index (κ2) is 11.5. The molecule has 2 aliphatic rings. The van der Waals surface area contributed by atoms with E-state index in [1.165, 1.54) is 83.5 Å². The molecule has 0 radical (unpaired) electrons. The van der Waals surface area contributed by atoms with E-state index < -0.39 is 0 Å². The SMILES string of the molecule is CCCCCCCCCCCOC1CCCC2CCC(O)CC21. The first-order valence-electron chi connectivity index (χ1n) is 10.6. The second-order valence-corrected chi connectivity index (χ2v) is 8.06. The molecule has 0 aromatic rings. The van der Waals surface area contributed by atoms with Gasteiger partial charge >= 0.3 is 0 Å².